The van der Waals surface area contributed by atoms with E-state index in [1.807, 2.05) is 0 Å². The first-order valence-electron chi connectivity index (χ1n) is 7.83. The molecule has 1 N–H and O–H groups in total. The van der Waals surface area contributed by atoms with Crippen LogP contribution in [0.1, 0.15) is 5.56 Å². The van der Waals surface area contributed by atoms with Gasteiger partial charge < -0.3 is 9.47 Å². The van der Waals surface area contributed by atoms with E-state index in [1.165, 1.54) is 32.4 Å². The van der Waals surface area contributed by atoms with Crippen LogP contribution in [0.2, 0.25) is 0 Å². The van der Waals surface area contributed by atoms with Crippen LogP contribution in [-0.4, -0.2) is 32.1 Å². The lowest BCUT2D eigenvalue weighted by atomic mass is 10.1. The van der Waals surface area contributed by atoms with Gasteiger partial charge in [-0.2, -0.15) is 0 Å². The van der Waals surface area contributed by atoms with E-state index in [-0.39, 0.29) is 11.3 Å². The number of carbonyl (C=O) groups excluding carboxylic acids is 3. The van der Waals surface area contributed by atoms with Crippen molar-refractivity contribution in [3.63, 3.8) is 0 Å². The first-order chi connectivity index (χ1) is 12.9. The Balaban J connectivity index is 2.00. The third-order valence-corrected chi connectivity index (χ3v) is 3.91. The second-order valence-electron chi connectivity index (χ2n) is 5.55. The second kappa shape index (κ2) is 7.28. The summed E-state index contributed by atoms with van der Waals surface area (Å²) in [6, 6.07) is 8.72. The molecule has 1 heterocycles. The molecule has 3 rings (SSSR count). The Morgan fingerprint density at radius 3 is 2.26 bits per heavy atom. The van der Waals surface area contributed by atoms with Crippen LogP contribution in [-0.2, 0) is 9.59 Å². The van der Waals surface area contributed by atoms with Crippen molar-refractivity contribution in [3.8, 4) is 11.5 Å². The molecule has 0 atom stereocenters. The van der Waals surface area contributed by atoms with Gasteiger partial charge in [0.2, 0.25) is 0 Å². The molecule has 0 aliphatic carbocycles. The van der Waals surface area contributed by atoms with E-state index >= 15 is 0 Å². The van der Waals surface area contributed by atoms with Crippen molar-refractivity contribution in [1.29, 1.82) is 0 Å². The standard InChI is InChI=1S/C19H15FN2O5/c1-26-15-8-3-11(10-16(15)27-2)9-14-17(23)21-19(25)22(18(14)24)13-6-4-12(20)5-7-13/h3-10H,1-2H3,(H,21,23,25). The SMILES string of the molecule is COc1ccc(C=C2C(=O)NC(=O)N(c3ccc(F)cc3)C2=O)cc1OC. The number of hydrogen-bond donors (Lipinski definition) is 1. The molecule has 27 heavy (non-hydrogen) atoms. The molecule has 0 bridgehead atoms. The monoisotopic (exact) mass is 370 g/mol. The Kier molecular flexibility index (Phi) is 4.89. The zero-order chi connectivity index (χ0) is 19.6. The number of hydrogen-bond acceptors (Lipinski definition) is 5. The van der Waals surface area contributed by atoms with Crippen molar-refractivity contribution in [3.05, 3.63) is 59.4 Å². The molecule has 0 unspecified atom stereocenters. The number of methoxy groups -OCH3 is 2. The van der Waals surface area contributed by atoms with Crippen molar-refractivity contribution in [2.45, 2.75) is 0 Å². The van der Waals surface area contributed by atoms with Crippen LogP contribution < -0.4 is 19.7 Å². The minimum Gasteiger partial charge on any atom is -0.493 e. The fraction of sp³-hybridized carbons (Fsp3) is 0.105. The largest absolute Gasteiger partial charge is 0.493 e. The summed E-state index contributed by atoms with van der Waals surface area (Å²) in [6.07, 6.45) is 1.34. The van der Waals surface area contributed by atoms with Crippen LogP contribution >= 0.6 is 0 Å². The van der Waals surface area contributed by atoms with Crippen molar-refractivity contribution < 1.29 is 28.2 Å². The maximum atomic E-state index is 13.1. The van der Waals surface area contributed by atoms with Crippen molar-refractivity contribution in [2.24, 2.45) is 0 Å². The molecule has 2 aromatic carbocycles. The first-order valence-corrected chi connectivity index (χ1v) is 7.83. The van der Waals surface area contributed by atoms with E-state index < -0.39 is 23.7 Å². The maximum absolute atomic E-state index is 13.1. The summed E-state index contributed by atoms with van der Waals surface area (Å²) in [5.41, 5.74) is 0.398. The van der Waals surface area contributed by atoms with Gasteiger partial charge in [0.15, 0.2) is 11.5 Å². The Hall–Kier alpha value is -3.68. The molecule has 4 amide bonds. The van der Waals surface area contributed by atoms with Crippen LogP contribution in [0, 0.1) is 5.82 Å². The van der Waals surface area contributed by atoms with Gasteiger partial charge in [0, 0.05) is 0 Å². The number of ether oxygens (including phenoxy) is 2. The topological polar surface area (TPSA) is 84.9 Å². The molecule has 1 fully saturated rings. The zero-order valence-electron chi connectivity index (χ0n) is 14.5. The summed E-state index contributed by atoms with van der Waals surface area (Å²) in [5.74, 6) is -1.24. The molecule has 2 aromatic rings. The molecule has 0 saturated carbocycles. The Bertz CT molecular complexity index is 953. The number of anilines is 1. The number of halogens is 1. The molecule has 8 heteroatoms. The Morgan fingerprint density at radius 1 is 0.963 bits per heavy atom. The van der Waals surface area contributed by atoms with E-state index in [9.17, 15) is 18.8 Å². The summed E-state index contributed by atoms with van der Waals surface area (Å²) < 4.78 is 23.5. The predicted octanol–water partition coefficient (Wildman–Crippen LogP) is 2.51. The number of rotatable bonds is 4. The summed E-state index contributed by atoms with van der Waals surface area (Å²) in [5, 5.41) is 2.10. The lowest BCUT2D eigenvalue weighted by Gasteiger charge is -2.26. The number of benzene rings is 2. The minimum absolute atomic E-state index is 0.143. The molecule has 1 aliphatic heterocycles. The number of carbonyl (C=O) groups is 3. The molecule has 7 nitrogen and oxygen atoms in total. The molecular weight excluding hydrogens is 355 g/mol. The fourth-order valence-electron chi connectivity index (χ4n) is 2.59. The third kappa shape index (κ3) is 3.50. The highest BCUT2D eigenvalue weighted by Gasteiger charge is 2.36. The van der Waals surface area contributed by atoms with Gasteiger partial charge in [-0.15, -0.1) is 0 Å². The van der Waals surface area contributed by atoms with E-state index in [1.54, 1.807) is 18.2 Å². The lowest BCUT2D eigenvalue weighted by Crippen LogP contribution is -2.54. The quantitative estimate of drug-likeness (QED) is 0.660. The van der Waals surface area contributed by atoms with Gasteiger partial charge in [-0.1, -0.05) is 6.07 Å². The number of imide groups is 2. The second-order valence-corrected chi connectivity index (χ2v) is 5.55. The van der Waals surface area contributed by atoms with Crippen LogP contribution in [0.25, 0.3) is 6.08 Å². The molecule has 138 valence electrons. The van der Waals surface area contributed by atoms with Crippen molar-refractivity contribution in [2.75, 3.05) is 19.1 Å². The molecule has 0 spiro atoms. The average Bonchev–Trinajstić information content (AvgIpc) is 2.66. The third-order valence-electron chi connectivity index (χ3n) is 3.91. The normalized spacial score (nSPS) is 15.7. The highest BCUT2D eigenvalue weighted by molar-refractivity contribution is 6.39. The number of barbiturate groups is 1. The van der Waals surface area contributed by atoms with Gasteiger partial charge in [0.05, 0.1) is 19.9 Å². The summed E-state index contributed by atoms with van der Waals surface area (Å²) in [6.45, 7) is 0. The summed E-state index contributed by atoms with van der Waals surface area (Å²) in [7, 11) is 2.95. The van der Waals surface area contributed by atoms with Crippen molar-refractivity contribution in [1.82, 2.24) is 5.32 Å². The van der Waals surface area contributed by atoms with Gasteiger partial charge in [0.25, 0.3) is 11.8 Å². The van der Waals surface area contributed by atoms with Crippen LogP contribution in [0.3, 0.4) is 0 Å². The smallest absolute Gasteiger partial charge is 0.335 e. The Labute approximate surface area is 154 Å². The highest BCUT2D eigenvalue weighted by Crippen LogP contribution is 2.29. The van der Waals surface area contributed by atoms with E-state index in [2.05, 4.69) is 5.32 Å². The van der Waals surface area contributed by atoms with Crippen molar-refractivity contribution >= 4 is 29.6 Å². The van der Waals surface area contributed by atoms with Gasteiger partial charge >= 0.3 is 6.03 Å². The number of amides is 4. The van der Waals surface area contributed by atoms with Crippen LogP contribution in [0.4, 0.5) is 14.9 Å². The van der Waals surface area contributed by atoms with Gasteiger partial charge in [-0.25, -0.2) is 14.1 Å². The number of nitrogens with one attached hydrogen (secondary N) is 1. The van der Waals surface area contributed by atoms with Gasteiger partial charge in [0.1, 0.15) is 11.4 Å². The van der Waals surface area contributed by atoms with E-state index in [0.29, 0.717) is 17.1 Å². The fourth-order valence-corrected chi connectivity index (χ4v) is 2.59. The number of urea groups is 1. The minimum atomic E-state index is -0.902. The highest BCUT2D eigenvalue weighted by atomic mass is 19.1. The van der Waals surface area contributed by atoms with Gasteiger partial charge in [-0.3, -0.25) is 14.9 Å². The van der Waals surface area contributed by atoms with Crippen LogP contribution in [0.15, 0.2) is 48.0 Å². The molecule has 1 saturated heterocycles. The summed E-state index contributed by atoms with van der Waals surface area (Å²) >= 11 is 0. The Morgan fingerprint density at radius 2 is 1.63 bits per heavy atom. The molecule has 1 aliphatic rings. The lowest BCUT2D eigenvalue weighted by molar-refractivity contribution is -0.122. The summed E-state index contributed by atoms with van der Waals surface area (Å²) in [4.78, 5) is 37.8. The first kappa shape index (κ1) is 18.1. The van der Waals surface area contributed by atoms with Crippen LogP contribution in [0.5, 0.6) is 11.5 Å². The van der Waals surface area contributed by atoms with E-state index in [0.717, 1.165) is 17.0 Å². The molecule has 0 radical (unpaired) electrons. The molecular formula is C19H15FN2O5. The predicted molar refractivity (Wildman–Crippen MR) is 94.9 cm³/mol. The maximum Gasteiger partial charge on any atom is 0.335 e. The zero-order valence-corrected chi connectivity index (χ0v) is 14.5. The molecule has 0 aromatic heterocycles. The average molecular weight is 370 g/mol. The number of nitrogens with zero attached hydrogens (tertiary/aromatic N) is 1. The van der Waals surface area contributed by atoms with Gasteiger partial charge in [-0.05, 0) is 48.0 Å². The van der Waals surface area contributed by atoms with E-state index in [4.69, 9.17) is 9.47 Å².